The molecule has 2 N–H and O–H groups in total. The van der Waals surface area contributed by atoms with Gasteiger partial charge in [-0.3, -0.25) is 10.2 Å². The standard InChI is InChI=1S/C13H12N2O2S/c1-2-7-17-10-6-4-3-5-9(10)8-11-12(16)15-13(14)18-11/h2-6,8H,1,7H2,(H2,14,15,16). The molecule has 0 unspecified atom stereocenters. The number of amides is 1. The van der Waals surface area contributed by atoms with Gasteiger partial charge in [0.15, 0.2) is 5.17 Å². The van der Waals surface area contributed by atoms with Crippen molar-refractivity contribution in [2.45, 2.75) is 0 Å². The van der Waals surface area contributed by atoms with Gasteiger partial charge in [0.05, 0.1) is 4.91 Å². The Bertz CT molecular complexity index is 538. The minimum absolute atomic E-state index is 0.149. The highest BCUT2D eigenvalue weighted by Gasteiger charge is 2.22. The lowest BCUT2D eigenvalue weighted by atomic mass is 10.2. The average molecular weight is 260 g/mol. The summed E-state index contributed by atoms with van der Waals surface area (Å²) in [4.78, 5) is 12.0. The summed E-state index contributed by atoms with van der Waals surface area (Å²) in [5.74, 6) is 0.445. The van der Waals surface area contributed by atoms with Crippen LogP contribution >= 0.6 is 11.8 Å². The third-order valence-corrected chi connectivity index (χ3v) is 3.05. The normalized spacial score (nSPS) is 16.8. The molecule has 5 heteroatoms. The first-order chi connectivity index (χ1) is 8.70. The van der Waals surface area contributed by atoms with Gasteiger partial charge in [-0.2, -0.15) is 0 Å². The summed E-state index contributed by atoms with van der Waals surface area (Å²) in [6.45, 7) is 4.01. The van der Waals surface area contributed by atoms with E-state index in [1.165, 1.54) is 0 Å². The van der Waals surface area contributed by atoms with Gasteiger partial charge < -0.3 is 10.1 Å². The van der Waals surface area contributed by atoms with E-state index in [1.54, 1.807) is 12.2 Å². The van der Waals surface area contributed by atoms with E-state index in [-0.39, 0.29) is 11.1 Å². The van der Waals surface area contributed by atoms with E-state index in [4.69, 9.17) is 10.1 Å². The number of ether oxygens (including phenoxy) is 1. The van der Waals surface area contributed by atoms with Crippen molar-refractivity contribution in [2.75, 3.05) is 6.61 Å². The molecule has 18 heavy (non-hydrogen) atoms. The zero-order valence-electron chi connectivity index (χ0n) is 9.60. The fraction of sp³-hybridized carbons (Fsp3) is 0.0769. The smallest absolute Gasteiger partial charge is 0.264 e. The number of thioether (sulfide) groups is 1. The second-order valence-electron chi connectivity index (χ2n) is 3.53. The van der Waals surface area contributed by atoms with Crippen LogP contribution in [0.2, 0.25) is 0 Å². The zero-order valence-corrected chi connectivity index (χ0v) is 10.4. The molecule has 0 spiro atoms. The molecule has 1 saturated heterocycles. The molecule has 1 heterocycles. The fourth-order valence-corrected chi connectivity index (χ4v) is 2.16. The van der Waals surface area contributed by atoms with Gasteiger partial charge in [-0.05, 0) is 23.9 Å². The van der Waals surface area contributed by atoms with E-state index in [2.05, 4.69) is 11.9 Å². The molecule has 0 aromatic heterocycles. The quantitative estimate of drug-likeness (QED) is 0.645. The fourth-order valence-electron chi connectivity index (χ4n) is 1.46. The van der Waals surface area contributed by atoms with Crippen molar-refractivity contribution in [2.24, 2.45) is 0 Å². The molecule has 1 aliphatic heterocycles. The summed E-state index contributed by atoms with van der Waals surface area (Å²) in [7, 11) is 0. The SMILES string of the molecule is C=CCOc1ccccc1C=C1SC(=N)NC1=O. The van der Waals surface area contributed by atoms with Crippen molar-refractivity contribution in [3.8, 4) is 5.75 Å². The second-order valence-corrected chi connectivity index (χ2v) is 4.58. The number of carbonyl (C=O) groups excluding carboxylic acids is 1. The Morgan fingerprint density at radius 1 is 1.44 bits per heavy atom. The van der Waals surface area contributed by atoms with Gasteiger partial charge in [0, 0.05) is 5.56 Å². The van der Waals surface area contributed by atoms with Crippen molar-refractivity contribution < 1.29 is 9.53 Å². The first-order valence-electron chi connectivity index (χ1n) is 5.33. The number of carbonyl (C=O) groups is 1. The second kappa shape index (κ2) is 5.55. The number of amidine groups is 1. The Hall–Kier alpha value is -2.01. The third-order valence-electron chi connectivity index (χ3n) is 2.23. The molecule has 0 atom stereocenters. The number of nitrogens with one attached hydrogen (secondary N) is 2. The highest BCUT2D eigenvalue weighted by Crippen LogP contribution is 2.28. The van der Waals surface area contributed by atoms with Crippen LogP contribution in [0.25, 0.3) is 6.08 Å². The summed E-state index contributed by atoms with van der Waals surface area (Å²) < 4.78 is 5.50. The summed E-state index contributed by atoms with van der Waals surface area (Å²) in [5.41, 5.74) is 0.812. The first kappa shape index (κ1) is 12.4. The number of hydrogen-bond acceptors (Lipinski definition) is 4. The topological polar surface area (TPSA) is 62.2 Å². The van der Waals surface area contributed by atoms with E-state index >= 15 is 0 Å². The van der Waals surface area contributed by atoms with Crippen LogP contribution in [0.4, 0.5) is 0 Å². The third kappa shape index (κ3) is 2.81. The van der Waals surface area contributed by atoms with Crippen molar-refractivity contribution >= 4 is 28.9 Å². The molecule has 1 amide bonds. The monoisotopic (exact) mass is 260 g/mol. The molecule has 92 valence electrons. The van der Waals surface area contributed by atoms with Gasteiger partial charge in [-0.1, -0.05) is 30.9 Å². The van der Waals surface area contributed by atoms with E-state index in [0.717, 1.165) is 17.3 Å². The molecule has 0 saturated carbocycles. The van der Waals surface area contributed by atoms with Crippen molar-refractivity contribution in [3.05, 3.63) is 47.4 Å². The van der Waals surface area contributed by atoms with Gasteiger partial charge >= 0.3 is 0 Å². The number of benzene rings is 1. The molecule has 4 nitrogen and oxygen atoms in total. The van der Waals surface area contributed by atoms with Crippen LogP contribution in [-0.4, -0.2) is 17.7 Å². The Kier molecular flexibility index (Phi) is 3.84. The maximum Gasteiger partial charge on any atom is 0.264 e. The van der Waals surface area contributed by atoms with Crippen LogP contribution in [0.5, 0.6) is 5.75 Å². The minimum atomic E-state index is -0.247. The Morgan fingerprint density at radius 2 is 2.22 bits per heavy atom. The van der Waals surface area contributed by atoms with Crippen LogP contribution in [0, 0.1) is 5.41 Å². The van der Waals surface area contributed by atoms with Crippen LogP contribution in [0.1, 0.15) is 5.56 Å². The molecular formula is C13H12N2O2S. The molecule has 2 rings (SSSR count). The van der Waals surface area contributed by atoms with E-state index in [9.17, 15) is 4.79 Å². The molecule has 0 aliphatic carbocycles. The Balaban J connectivity index is 2.28. The van der Waals surface area contributed by atoms with E-state index in [0.29, 0.717) is 17.3 Å². The van der Waals surface area contributed by atoms with Crippen molar-refractivity contribution in [3.63, 3.8) is 0 Å². The Labute approximate surface area is 109 Å². The molecule has 1 aromatic carbocycles. The lowest BCUT2D eigenvalue weighted by Crippen LogP contribution is -2.18. The molecule has 1 fully saturated rings. The number of para-hydroxylation sites is 1. The van der Waals surface area contributed by atoms with Crippen LogP contribution in [0.15, 0.2) is 41.8 Å². The maximum atomic E-state index is 11.5. The van der Waals surface area contributed by atoms with Gasteiger partial charge in [0.2, 0.25) is 0 Å². The Morgan fingerprint density at radius 3 is 2.89 bits per heavy atom. The van der Waals surface area contributed by atoms with Crippen LogP contribution in [-0.2, 0) is 4.79 Å². The maximum absolute atomic E-state index is 11.5. The van der Waals surface area contributed by atoms with Crippen molar-refractivity contribution in [1.29, 1.82) is 5.41 Å². The number of rotatable bonds is 4. The predicted octanol–water partition coefficient (Wildman–Crippen LogP) is 2.39. The molecule has 0 bridgehead atoms. The first-order valence-corrected chi connectivity index (χ1v) is 6.14. The van der Waals surface area contributed by atoms with Gasteiger partial charge in [-0.15, -0.1) is 0 Å². The predicted molar refractivity (Wildman–Crippen MR) is 73.6 cm³/mol. The highest BCUT2D eigenvalue weighted by molar-refractivity contribution is 8.18. The molecule has 0 radical (unpaired) electrons. The van der Waals surface area contributed by atoms with E-state index in [1.807, 2.05) is 24.3 Å². The highest BCUT2D eigenvalue weighted by atomic mass is 32.2. The lowest BCUT2D eigenvalue weighted by molar-refractivity contribution is -0.115. The van der Waals surface area contributed by atoms with E-state index < -0.39 is 0 Å². The lowest BCUT2D eigenvalue weighted by Gasteiger charge is -2.06. The zero-order chi connectivity index (χ0) is 13.0. The minimum Gasteiger partial charge on any atom is -0.489 e. The van der Waals surface area contributed by atoms with Crippen LogP contribution in [0.3, 0.4) is 0 Å². The van der Waals surface area contributed by atoms with Crippen LogP contribution < -0.4 is 10.1 Å². The van der Waals surface area contributed by atoms with Crippen molar-refractivity contribution in [1.82, 2.24) is 5.32 Å². The summed E-state index contributed by atoms with van der Waals surface area (Å²) in [5, 5.41) is 9.97. The summed E-state index contributed by atoms with van der Waals surface area (Å²) in [6.07, 6.45) is 3.39. The van der Waals surface area contributed by atoms with Gasteiger partial charge in [-0.25, -0.2) is 0 Å². The summed E-state index contributed by atoms with van der Waals surface area (Å²) >= 11 is 1.11. The molecule has 1 aromatic rings. The molecular weight excluding hydrogens is 248 g/mol. The summed E-state index contributed by atoms with van der Waals surface area (Å²) in [6, 6.07) is 7.43. The molecule has 1 aliphatic rings. The van der Waals surface area contributed by atoms with Gasteiger partial charge in [0.1, 0.15) is 12.4 Å². The number of hydrogen-bond donors (Lipinski definition) is 2. The van der Waals surface area contributed by atoms with Gasteiger partial charge in [0.25, 0.3) is 5.91 Å². The average Bonchev–Trinajstić information content (AvgIpc) is 2.67. The largest absolute Gasteiger partial charge is 0.489 e.